The van der Waals surface area contributed by atoms with Crippen molar-refractivity contribution in [1.29, 1.82) is 0 Å². The van der Waals surface area contributed by atoms with Crippen LogP contribution >= 0.6 is 0 Å². The maximum atomic E-state index is 12.7. The SMILES string of the molecule is CCN(CC)C(=O)c1ccc(NC(=O)Cn2cc(S(=O)(=O)N(CC)CC)ccc2=O)cc1. The maximum Gasteiger partial charge on any atom is 0.253 e. The predicted molar refractivity (Wildman–Crippen MR) is 123 cm³/mol. The highest BCUT2D eigenvalue weighted by atomic mass is 32.2. The summed E-state index contributed by atoms with van der Waals surface area (Å²) in [5, 5.41) is 2.66. The Labute approximate surface area is 188 Å². The molecule has 0 fully saturated rings. The van der Waals surface area contributed by atoms with E-state index in [4.69, 9.17) is 0 Å². The lowest BCUT2D eigenvalue weighted by Gasteiger charge is -2.19. The van der Waals surface area contributed by atoms with E-state index >= 15 is 0 Å². The fraction of sp³-hybridized carbons (Fsp3) is 0.409. The van der Waals surface area contributed by atoms with Gasteiger partial charge in [0.05, 0.1) is 4.90 Å². The third-order valence-electron chi connectivity index (χ3n) is 5.08. The van der Waals surface area contributed by atoms with Gasteiger partial charge in [0.2, 0.25) is 15.9 Å². The molecule has 0 radical (unpaired) electrons. The molecule has 0 unspecified atom stereocenters. The fourth-order valence-corrected chi connectivity index (χ4v) is 4.72. The molecule has 0 aliphatic heterocycles. The van der Waals surface area contributed by atoms with Crippen molar-refractivity contribution in [3.05, 3.63) is 58.5 Å². The van der Waals surface area contributed by atoms with Gasteiger partial charge in [-0.15, -0.1) is 0 Å². The number of amides is 2. The van der Waals surface area contributed by atoms with Gasteiger partial charge in [-0.05, 0) is 44.2 Å². The Balaban J connectivity index is 2.15. The second-order valence-electron chi connectivity index (χ2n) is 7.02. The number of hydrogen-bond acceptors (Lipinski definition) is 5. The van der Waals surface area contributed by atoms with Crippen LogP contribution in [-0.4, -0.2) is 60.2 Å². The zero-order chi connectivity index (χ0) is 23.9. The van der Waals surface area contributed by atoms with Gasteiger partial charge >= 0.3 is 0 Å². The number of carbonyl (C=O) groups is 2. The van der Waals surface area contributed by atoms with E-state index in [2.05, 4.69) is 5.32 Å². The molecule has 1 aromatic heterocycles. The number of aromatic nitrogens is 1. The molecule has 2 aromatic rings. The molecule has 0 atom stereocenters. The standard InChI is InChI=1S/C22H30N4O5S/c1-5-24(6-2)22(29)17-9-11-18(12-10-17)23-20(27)16-25-15-19(13-14-21(25)28)32(30,31)26(7-3)8-4/h9-15H,5-8,16H2,1-4H3,(H,23,27). The second kappa shape index (κ2) is 11.1. The Morgan fingerprint density at radius 1 is 0.906 bits per heavy atom. The number of nitrogens with one attached hydrogen (secondary N) is 1. The molecule has 1 heterocycles. The van der Waals surface area contributed by atoms with Crippen LogP contribution in [0.5, 0.6) is 0 Å². The summed E-state index contributed by atoms with van der Waals surface area (Å²) >= 11 is 0. The van der Waals surface area contributed by atoms with E-state index in [1.54, 1.807) is 43.0 Å². The number of rotatable bonds is 10. The molecule has 9 nitrogen and oxygen atoms in total. The number of pyridine rings is 1. The molecule has 10 heteroatoms. The first kappa shape index (κ1) is 25.3. The first-order chi connectivity index (χ1) is 15.2. The molecule has 2 rings (SSSR count). The lowest BCUT2D eigenvalue weighted by Crippen LogP contribution is -2.33. The van der Waals surface area contributed by atoms with Gasteiger partial charge in [0, 0.05) is 49.7 Å². The molecule has 0 saturated heterocycles. The fourth-order valence-electron chi connectivity index (χ4n) is 3.24. The van der Waals surface area contributed by atoms with Gasteiger partial charge in [-0.2, -0.15) is 4.31 Å². The van der Waals surface area contributed by atoms with Crippen molar-refractivity contribution in [1.82, 2.24) is 13.8 Å². The average molecular weight is 463 g/mol. The monoisotopic (exact) mass is 462 g/mol. The number of benzene rings is 1. The van der Waals surface area contributed by atoms with Gasteiger partial charge < -0.3 is 14.8 Å². The van der Waals surface area contributed by atoms with Crippen LogP contribution in [0, 0.1) is 0 Å². The minimum Gasteiger partial charge on any atom is -0.339 e. The molecule has 0 spiro atoms. The van der Waals surface area contributed by atoms with Crippen molar-refractivity contribution >= 4 is 27.5 Å². The van der Waals surface area contributed by atoms with Crippen molar-refractivity contribution in [3.8, 4) is 0 Å². The van der Waals surface area contributed by atoms with Crippen molar-refractivity contribution in [3.63, 3.8) is 0 Å². The number of hydrogen-bond donors (Lipinski definition) is 1. The summed E-state index contributed by atoms with van der Waals surface area (Å²) in [7, 11) is -3.75. The Hall–Kier alpha value is -2.98. The number of nitrogens with zero attached hydrogens (tertiary/aromatic N) is 3. The van der Waals surface area contributed by atoms with Crippen LogP contribution in [0.15, 0.2) is 52.3 Å². The number of sulfonamides is 1. The minimum absolute atomic E-state index is 0.0483. The summed E-state index contributed by atoms with van der Waals surface area (Å²) in [6.07, 6.45) is 1.18. The molecule has 1 N–H and O–H groups in total. The molecule has 0 aliphatic carbocycles. The molecular formula is C22H30N4O5S. The maximum absolute atomic E-state index is 12.7. The predicted octanol–water partition coefficient (Wildman–Crippen LogP) is 2.00. The smallest absolute Gasteiger partial charge is 0.253 e. The van der Waals surface area contributed by atoms with Crippen molar-refractivity contribution in [2.45, 2.75) is 39.1 Å². The summed E-state index contributed by atoms with van der Waals surface area (Å²) in [5.41, 5.74) is 0.488. The van der Waals surface area contributed by atoms with E-state index < -0.39 is 21.5 Å². The number of anilines is 1. The van der Waals surface area contributed by atoms with E-state index in [9.17, 15) is 22.8 Å². The van der Waals surface area contributed by atoms with Crippen LogP contribution in [0.25, 0.3) is 0 Å². The van der Waals surface area contributed by atoms with E-state index in [1.165, 1.54) is 16.6 Å². The topological polar surface area (TPSA) is 109 Å². The van der Waals surface area contributed by atoms with Crippen molar-refractivity contribution in [2.75, 3.05) is 31.5 Å². The van der Waals surface area contributed by atoms with Crippen molar-refractivity contribution < 1.29 is 18.0 Å². The summed E-state index contributed by atoms with van der Waals surface area (Å²) in [6.45, 7) is 8.71. The van der Waals surface area contributed by atoms with Crippen LogP contribution < -0.4 is 10.9 Å². The van der Waals surface area contributed by atoms with Crippen LogP contribution in [-0.2, 0) is 21.4 Å². The Kier molecular flexibility index (Phi) is 8.73. The number of carbonyl (C=O) groups excluding carboxylic acids is 2. The third kappa shape index (κ3) is 5.83. The van der Waals surface area contributed by atoms with Crippen LogP contribution in [0.2, 0.25) is 0 Å². The van der Waals surface area contributed by atoms with E-state index in [1.807, 2.05) is 13.8 Å². The largest absolute Gasteiger partial charge is 0.339 e. The zero-order valence-electron chi connectivity index (χ0n) is 18.9. The highest BCUT2D eigenvalue weighted by molar-refractivity contribution is 7.89. The van der Waals surface area contributed by atoms with Gasteiger partial charge in [0.15, 0.2) is 0 Å². The van der Waals surface area contributed by atoms with Gasteiger partial charge in [-0.25, -0.2) is 8.42 Å². The highest BCUT2D eigenvalue weighted by Gasteiger charge is 2.22. The molecule has 2 amide bonds. The van der Waals surface area contributed by atoms with Gasteiger partial charge in [0.1, 0.15) is 6.54 Å². The van der Waals surface area contributed by atoms with E-state index in [-0.39, 0.29) is 17.3 Å². The summed E-state index contributed by atoms with van der Waals surface area (Å²) in [5.74, 6) is -0.585. The molecule has 174 valence electrons. The van der Waals surface area contributed by atoms with E-state index in [0.29, 0.717) is 37.4 Å². The second-order valence-corrected chi connectivity index (χ2v) is 8.96. The Morgan fingerprint density at radius 2 is 1.50 bits per heavy atom. The van der Waals surface area contributed by atoms with Crippen LogP contribution in [0.3, 0.4) is 0 Å². The van der Waals surface area contributed by atoms with Crippen molar-refractivity contribution in [2.24, 2.45) is 0 Å². The third-order valence-corrected chi connectivity index (χ3v) is 7.11. The first-order valence-corrected chi connectivity index (χ1v) is 12.0. The minimum atomic E-state index is -3.75. The quantitative estimate of drug-likeness (QED) is 0.581. The summed E-state index contributed by atoms with van der Waals surface area (Å²) < 4.78 is 27.7. The van der Waals surface area contributed by atoms with Gasteiger partial charge in [-0.1, -0.05) is 13.8 Å². The highest BCUT2D eigenvalue weighted by Crippen LogP contribution is 2.14. The lowest BCUT2D eigenvalue weighted by atomic mass is 10.1. The molecule has 0 aliphatic rings. The van der Waals surface area contributed by atoms with Gasteiger partial charge in [-0.3, -0.25) is 14.4 Å². The summed E-state index contributed by atoms with van der Waals surface area (Å²) in [4.78, 5) is 38.6. The van der Waals surface area contributed by atoms with Gasteiger partial charge in [0.25, 0.3) is 11.5 Å². The lowest BCUT2D eigenvalue weighted by molar-refractivity contribution is -0.116. The molecule has 0 saturated carbocycles. The average Bonchev–Trinajstić information content (AvgIpc) is 2.77. The Morgan fingerprint density at radius 3 is 2.03 bits per heavy atom. The molecule has 0 bridgehead atoms. The summed E-state index contributed by atoms with van der Waals surface area (Å²) in [6, 6.07) is 8.85. The molecule has 1 aromatic carbocycles. The first-order valence-electron chi connectivity index (χ1n) is 10.6. The van der Waals surface area contributed by atoms with Crippen LogP contribution in [0.4, 0.5) is 5.69 Å². The zero-order valence-corrected chi connectivity index (χ0v) is 19.7. The normalized spacial score (nSPS) is 11.4. The molecule has 32 heavy (non-hydrogen) atoms. The van der Waals surface area contributed by atoms with E-state index in [0.717, 1.165) is 10.6 Å². The Bertz CT molecular complexity index is 1100. The van der Waals surface area contributed by atoms with Crippen LogP contribution in [0.1, 0.15) is 38.1 Å². The molecular weight excluding hydrogens is 432 g/mol.